The van der Waals surface area contributed by atoms with Crippen molar-refractivity contribution in [1.82, 2.24) is 35.3 Å². The molecule has 0 saturated heterocycles. The molecule has 4 aromatic rings. The molecule has 1 aromatic carbocycles. The summed E-state index contributed by atoms with van der Waals surface area (Å²) in [6.07, 6.45) is 6.43. The van der Waals surface area contributed by atoms with Crippen molar-refractivity contribution >= 4 is 23.1 Å². The van der Waals surface area contributed by atoms with Crippen molar-refractivity contribution in [2.75, 3.05) is 5.32 Å². The van der Waals surface area contributed by atoms with Crippen LogP contribution >= 0.6 is 11.3 Å². The van der Waals surface area contributed by atoms with Crippen LogP contribution < -0.4 is 10.6 Å². The molecule has 4 rings (SSSR count). The third kappa shape index (κ3) is 4.01. The quantitative estimate of drug-likeness (QED) is 0.476. The Morgan fingerprint density at radius 3 is 2.93 bits per heavy atom. The van der Waals surface area contributed by atoms with Gasteiger partial charge in [0, 0.05) is 18.1 Å². The van der Waals surface area contributed by atoms with Gasteiger partial charge in [0.05, 0.1) is 18.4 Å². The molecule has 9 nitrogen and oxygen atoms in total. The highest BCUT2D eigenvalue weighted by atomic mass is 32.1. The van der Waals surface area contributed by atoms with Crippen LogP contribution in [0, 0.1) is 0 Å². The van der Waals surface area contributed by atoms with Crippen LogP contribution in [0.3, 0.4) is 0 Å². The van der Waals surface area contributed by atoms with Crippen molar-refractivity contribution in [3.8, 4) is 10.7 Å². The summed E-state index contributed by atoms with van der Waals surface area (Å²) in [6.45, 7) is 0.983. The standard InChI is InChI=1S/C17H16N8OS/c26-17(23-14-8-21-24-15(14)16-19-5-6-27-16)20-7-12-3-1-2-4-13(12)9-25-11-18-10-22-25/h1-6,8,10-11H,7,9H2,(H,21,24)(H2,20,23,26). The first-order valence-corrected chi connectivity index (χ1v) is 9.05. The molecular formula is C17H16N8OS. The first-order valence-electron chi connectivity index (χ1n) is 8.17. The number of amides is 2. The number of nitrogens with zero attached hydrogens (tertiary/aromatic N) is 5. The monoisotopic (exact) mass is 380 g/mol. The molecule has 3 aromatic heterocycles. The zero-order valence-electron chi connectivity index (χ0n) is 14.2. The second kappa shape index (κ2) is 7.79. The van der Waals surface area contributed by atoms with Crippen LogP contribution in [0.2, 0.25) is 0 Å². The number of H-pyrrole nitrogens is 1. The van der Waals surface area contributed by atoms with Crippen LogP contribution in [-0.4, -0.2) is 36.0 Å². The van der Waals surface area contributed by atoms with Crippen molar-refractivity contribution in [2.24, 2.45) is 0 Å². The highest BCUT2D eigenvalue weighted by Gasteiger charge is 2.13. The van der Waals surface area contributed by atoms with Gasteiger partial charge in [-0.05, 0) is 11.1 Å². The Balaban J connectivity index is 1.40. The molecule has 10 heteroatoms. The lowest BCUT2D eigenvalue weighted by atomic mass is 10.1. The summed E-state index contributed by atoms with van der Waals surface area (Å²) in [5.41, 5.74) is 3.34. The van der Waals surface area contributed by atoms with Gasteiger partial charge in [0.2, 0.25) is 0 Å². The number of aromatic amines is 1. The van der Waals surface area contributed by atoms with E-state index in [-0.39, 0.29) is 6.03 Å². The SMILES string of the molecule is O=C(NCc1ccccc1Cn1cncn1)Nc1cn[nH]c1-c1nccs1. The fraction of sp³-hybridized carbons (Fsp3) is 0.118. The summed E-state index contributed by atoms with van der Waals surface area (Å²) in [5.74, 6) is 0. The number of benzene rings is 1. The average molecular weight is 380 g/mol. The topological polar surface area (TPSA) is 113 Å². The van der Waals surface area contributed by atoms with E-state index in [1.807, 2.05) is 29.6 Å². The van der Waals surface area contributed by atoms with Crippen LogP contribution in [-0.2, 0) is 13.1 Å². The fourth-order valence-electron chi connectivity index (χ4n) is 2.61. The van der Waals surface area contributed by atoms with Gasteiger partial charge in [0.15, 0.2) is 0 Å². The number of carbonyl (C=O) groups is 1. The van der Waals surface area contributed by atoms with Crippen molar-refractivity contribution in [2.45, 2.75) is 13.1 Å². The number of thiazole rings is 1. The Kier molecular flexibility index (Phi) is 4.88. The van der Waals surface area contributed by atoms with Crippen molar-refractivity contribution in [3.63, 3.8) is 0 Å². The largest absolute Gasteiger partial charge is 0.334 e. The number of anilines is 1. The maximum atomic E-state index is 12.3. The third-order valence-corrected chi connectivity index (χ3v) is 4.68. The summed E-state index contributed by atoms with van der Waals surface area (Å²) in [5, 5.41) is 19.3. The molecule has 0 bridgehead atoms. The molecule has 0 fully saturated rings. The van der Waals surface area contributed by atoms with E-state index in [0.29, 0.717) is 24.5 Å². The van der Waals surface area contributed by atoms with Gasteiger partial charge in [-0.2, -0.15) is 10.2 Å². The molecule has 0 spiro atoms. The summed E-state index contributed by atoms with van der Waals surface area (Å²) < 4.78 is 1.74. The van der Waals surface area contributed by atoms with Crippen molar-refractivity contribution in [1.29, 1.82) is 0 Å². The smallest absolute Gasteiger partial charge is 0.319 e. The molecule has 0 atom stereocenters. The van der Waals surface area contributed by atoms with E-state index in [9.17, 15) is 4.79 Å². The van der Waals surface area contributed by atoms with Gasteiger partial charge in [0.25, 0.3) is 0 Å². The average Bonchev–Trinajstić information content (AvgIpc) is 3.43. The molecule has 3 N–H and O–H groups in total. The first-order chi connectivity index (χ1) is 13.3. The Hall–Kier alpha value is -3.53. The van der Waals surface area contributed by atoms with Gasteiger partial charge in [-0.1, -0.05) is 24.3 Å². The maximum absolute atomic E-state index is 12.3. The second-order valence-corrected chi connectivity index (χ2v) is 6.56. The minimum atomic E-state index is -0.315. The summed E-state index contributed by atoms with van der Waals surface area (Å²) in [7, 11) is 0. The van der Waals surface area contributed by atoms with Gasteiger partial charge >= 0.3 is 6.03 Å². The van der Waals surface area contributed by atoms with Crippen LogP contribution in [0.25, 0.3) is 10.7 Å². The van der Waals surface area contributed by atoms with Gasteiger partial charge in [-0.15, -0.1) is 11.3 Å². The van der Waals surface area contributed by atoms with Gasteiger partial charge in [0.1, 0.15) is 23.4 Å². The van der Waals surface area contributed by atoms with E-state index >= 15 is 0 Å². The number of aromatic nitrogens is 6. The molecular weight excluding hydrogens is 364 g/mol. The van der Waals surface area contributed by atoms with Crippen LogP contribution in [0.4, 0.5) is 10.5 Å². The molecule has 27 heavy (non-hydrogen) atoms. The number of hydrogen-bond acceptors (Lipinski definition) is 6. The zero-order valence-corrected chi connectivity index (χ0v) is 15.0. The molecule has 0 saturated carbocycles. The van der Waals surface area contributed by atoms with Crippen molar-refractivity contribution in [3.05, 3.63) is 65.8 Å². The molecule has 0 aliphatic rings. The molecule has 136 valence electrons. The zero-order chi connectivity index (χ0) is 18.5. The van der Waals surface area contributed by atoms with Crippen molar-refractivity contribution < 1.29 is 4.79 Å². The fourth-order valence-corrected chi connectivity index (χ4v) is 3.25. The highest BCUT2D eigenvalue weighted by molar-refractivity contribution is 7.13. The molecule has 0 radical (unpaired) electrons. The number of nitrogens with one attached hydrogen (secondary N) is 3. The van der Waals surface area contributed by atoms with Crippen LogP contribution in [0.15, 0.2) is 54.7 Å². The Bertz CT molecular complexity index is 1010. The normalized spacial score (nSPS) is 10.7. The van der Waals surface area contributed by atoms with E-state index < -0.39 is 0 Å². The second-order valence-electron chi connectivity index (χ2n) is 5.67. The van der Waals surface area contributed by atoms with E-state index in [1.54, 1.807) is 23.4 Å². The summed E-state index contributed by atoms with van der Waals surface area (Å²) in [4.78, 5) is 20.5. The lowest BCUT2D eigenvalue weighted by Crippen LogP contribution is -2.28. The lowest BCUT2D eigenvalue weighted by Gasteiger charge is -2.11. The molecule has 0 unspecified atom stereocenters. The molecule has 3 heterocycles. The van der Waals surface area contributed by atoms with E-state index in [1.165, 1.54) is 17.7 Å². The highest BCUT2D eigenvalue weighted by Crippen LogP contribution is 2.26. The lowest BCUT2D eigenvalue weighted by molar-refractivity contribution is 0.251. The van der Waals surface area contributed by atoms with Gasteiger partial charge in [-0.25, -0.2) is 19.4 Å². The maximum Gasteiger partial charge on any atom is 0.319 e. The van der Waals surface area contributed by atoms with E-state index in [4.69, 9.17) is 0 Å². The minimum Gasteiger partial charge on any atom is -0.334 e. The molecule has 0 aliphatic heterocycles. The molecule has 0 aliphatic carbocycles. The van der Waals surface area contributed by atoms with Crippen LogP contribution in [0.1, 0.15) is 11.1 Å². The van der Waals surface area contributed by atoms with Gasteiger partial charge < -0.3 is 10.6 Å². The minimum absolute atomic E-state index is 0.315. The predicted molar refractivity (Wildman–Crippen MR) is 101 cm³/mol. The third-order valence-electron chi connectivity index (χ3n) is 3.89. The predicted octanol–water partition coefficient (Wildman–Crippen LogP) is 2.49. The van der Waals surface area contributed by atoms with E-state index in [0.717, 1.165) is 16.1 Å². The van der Waals surface area contributed by atoms with Crippen LogP contribution in [0.5, 0.6) is 0 Å². The summed E-state index contributed by atoms with van der Waals surface area (Å²) in [6, 6.07) is 7.57. The Morgan fingerprint density at radius 1 is 1.26 bits per heavy atom. The first kappa shape index (κ1) is 16.9. The van der Waals surface area contributed by atoms with E-state index in [2.05, 4.69) is 35.9 Å². The molecule has 2 amide bonds. The number of carbonyl (C=O) groups excluding carboxylic acids is 1. The summed E-state index contributed by atoms with van der Waals surface area (Å²) >= 11 is 1.47. The Labute approximate surface area is 158 Å². The Morgan fingerprint density at radius 2 is 2.15 bits per heavy atom. The number of hydrogen-bond donors (Lipinski definition) is 3. The number of rotatable bonds is 6. The number of urea groups is 1. The van der Waals surface area contributed by atoms with Gasteiger partial charge in [-0.3, -0.25) is 5.10 Å².